The molecule has 5 nitrogen and oxygen atoms in total. The molecule has 1 rings (SSSR count). The molecule has 0 saturated carbocycles. The Morgan fingerprint density at radius 3 is 2.22 bits per heavy atom. The van der Waals surface area contributed by atoms with E-state index in [1.54, 1.807) is 20.8 Å². The second kappa shape index (κ2) is 7.49. The van der Waals surface area contributed by atoms with E-state index in [4.69, 9.17) is 0 Å². The molecule has 128 valence electrons. The molecule has 1 aromatic rings. The predicted octanol–water partition coefficient (Wildman–Crippen LogP) is 4.13. The summed E-state index contributed by atoms with van der Waals surface area (Å²) in [5, 5.41) is 12.5. The summed E-state index contributed by atoms with van der Waals surface area (Å²) in [5.41, 5.74) is 1.00. The van der Waals surface area contributed by atoms with Crippen molar-refractivity contribution in [3.8, 4) is 0 Å². The van der Waals surface area contributed by atoms with Crippen LogP contribution in [0.2, 0.25) is 0 Å². The molecule has 0 bridgehead atoms. The monoisotopic (exact) mass is 320 g/mol. The van der Waals surface area contributed by atoms with Crippen LogP contribution in [0.4, 0.5) is 10.5 Å². The number of carbonyl (C=O) groups is 2. The second-order valence-electron chi connectivity index (χ2n) is 7.27. The Hall–Kier alpha value is -2.04. The van der Waals surface area contributed by atoms with Crippen molar-refractivity contribution in [3.63, 3.8) is 0 Å². The van der Waals surface area contributed by atoms with E-state index in [2.05, 4.69) is 5.32 Å². The number of aryl methyl sites for hydroxylation is 1. The van der Waals surface area contributed by atoms with Gasteiger partial charge in [-0.05, 0) is 51.7 Å². The normalized spacial score (nSPS) is 12.8. The third-order valence-corrected chi connectivity index (χ3v) is 3.64. The number of carbonyl (C=O) groups excluding carboxylic acids is 1. The Balaban J connectivity index is 3.12. The van der Waals surface area contributed by atoms with Crippen LogP contribution in [0.3, 0.4) is 0 Å². The lowest BCUT2D eigenvalue weighted by atomic mass is 9.96. The highest BCUT2D eigenvalue weighted by Crippen LogP contribution is 2.24. The van der Waals surface area contributed by atoms with Crippen LogP contribution in [-0.4, -0.2) is 33.6 Å². The molecule has 2 N–H and O–H groups in total. The molecule has 0 aliphatic heterocycles. The summed E-state index contributed by atoms with van der Waals surface area (Å²) in [6.45, 7) is 11.3. The summed E-state index contributed by atoms with van der Waals surface area (Å²) >= 11 is 0. The van der Waals surface area contributed by atoms with Crippen LogP contribution < -0.4 is 5.32 Å². The van der Waals surface area contributed by atoms with Gasteiger partial charge in [0.25, 0.3) is 0 Å². The maximum atomic E-state index is 12.8. The van der Waals surface area contributed by atoms with Crippen LogP contribution in [0.5, 0.6) is 0 Å². The predicted molar refractivity (Wildman–Crippen MR) is 92.7 cm³/mol. The van der Waals surface area contributed by atoms with E-state index in [1.807, 2.05) is 45.0 Å². The largest absolute Gasteiger partial charge is 0.465 e. The summed E-state index contributed by atoms with van der Waals surface area (Å²) in [5.74, 6) is -0.0860. The van der Waals surface area contributed by atoms with Gasteiger partial charge in [0, 0.05) is 11.2 Å². The molecule has 0 fully saturated rings. The molecule has 0 aliphatic carbocycles. The zero-order chi connectivity index (χ0) is 17.8. The van der Waals surface area contributed by atoms with E-state index >= 15 is 0 Å². The van der Waals surface area contributed by atoms with Gasteiger partial charge in [-0.2, -0.15) is 0 Å². The summed E-state index contributed by atoms with van der Waals surface area (Å²) in [4.78, 5) is 25.8. The Morgan fingerprint density at radius 2 is 1.78 bits per heavy atom. The highest BCUT2D eigenvalue weighted by molar-refractivity contribution is 5.97. The van der Waals surface area contributed by atoms with Crippen molar-refractivity contribution in [1.82, 2.24) is 4.90 Å². The van der Waals surface area contributed by atoms with Crippen molar-refractivity contribution >= 4 is 17.7 Å². The van der Waals surface area contributed by atoms with Crippen molar-refractivity contribution in [3.05, 3.63) is 29.8 Å². The fourth-order valence-electron chi connectivity index (χ4n) is 2.59. The topological polar surface area (TPSA) is 69.6 Å². The average molecular weight is 320 g/mol. The van der Waals surface area contributed by atoms with Crippen molar-refractivity contribution < 1.29 is 14.7 Å². The Labute approximate surface area is 138 Å². The standard InChI is InChI=1S/C18H28N2O3/c1-12(2)11-15(20(17(22)23)18(4,5)6)16(21)19-14-10-8-7-9-13(14)3/h7-10,12,15H,11H2,1-6H3,(H,19,21)(H,22,23). The molecule has 0 aliphatic rings. The first-order valence-corrected chi connectivity index (χ1v) is 7.92. The molecule has 0 heterocycles. The number of amides is 2. The van der Waals surface area contributed by atoms with Crippen LogP contribution in [-0.2, 0) is 4.79 Å². The molecule has 1 atom stereocenters. The second-order valence-corrected chi connectivity index (χ2v) is 7.27. The summed E-state index contributed by atoms with van der Waals surface area (Å²) in [6.07, 6.45) is -0.607. The Bertz CT molecular complexity index is 562. The number of para-hydroxylation sites is 1. The van der Waals surface area contributed by atoms with Gasteiger partial charge in [0.05, 0.1) is 0 Å². The average Bonchev–Trinajstić information content (AvgIpc) is 2.38. The number of carboxylic acid groups (broad SMARTS) is 1. The molecule has 2 amide bonds. The first kappa shape index (κ1) is 19.0. The molecule has 0 spiro atoms. The molecule has 0 saturated heterocycles. The number of nitrogens with zero attached hydrogens (tertiary/aromatic N) is 1. The molecular formula is C18H28N2O3. The molecule has 1 aromatic carbocycles. The number of benzene rings is 1. The SMILES string of the molecule is Cc1ccccc1NC(=O)C(CC(C)C)N(C(=O)O)C(C)(C)C. The van der Waals surface area contributed by atoms with Crippen molar-refractivity contribution in [1.29, 1.82) is 0 Å². The van der Waals surface area contributed by atoms with E-state index in [0.29, 0.717) is 12.1 Å². The zero-order valence-corrected chi connectivity index (χ0v) is 14.9. The lowest BCUT2D eigenvalue weighted by Crippen LogP contribution is -2.56. The minimum absolute atomic E-state index is 0.201. The Kier molecular flexibility index (Phi) is 6.19. The molecule has 23 heavy (non-hydrogen) atoms. The number of hydrogen-bond donors (Lipinski definition) is 2. The zero-order valence-electron chi connectivity index (χ0n) is 14.9. The smallest absolute Gasteiger partial charge is 0.408 e. The highest BCUT2D eigenvalue weighted by Gasteiger charge is 2.37. The van der Waals surface area contributed by atoms with Gasteiger partial charge in [0.1, 0.15) is 6.04 Å². The minimum atomic E-state index is -1.08. The molecular weight excluding hydrogens is 292 g/mol. The maximum Gasteiger partial charge on any atom is 0.408 e. The first-order chi connectivity index (χ1) is 10.5. The van der Waals surface area contributed by atoms with Gasteiger partial charge in [-0.15, -0.1) is 0 Å². The quantitative estimate of drug-likeness (QED) is 0.857. The van der Waals surface area contributed by atoms with Crippen LogP contribution in [0.15, 0.2) is 24.3 Å². The van der Waals surface area contributed by atoms with Crippen LogP contribution in [0.1, 0.15) is 46.6 Å². The molecule has 1 unspecified atom stereocenters. The third-order valence-electron chi connectivity index (χ3n) is 3.64. The van der Waals surface area contributed by atoms with Crippen molar-refractivity contribution in [2.75, 3.05) is 5.32 Å². The van der Waals surface area contributed by atoms with Crippen molar-refractivity contribution in [2.24, 2.45) is 5.92 Å². The van der Waals surface area contributed by atoms with E-state index in [9.17, 15) is 14.7 Å². The Morgan fingerprint density at radius 1 is 1.22 bits per heavy atom. The van der Waals surface area contributed by atoms with Crippen LogP contribution >= 0.6 is 0 Å². The van der Waals surface area contributed by atoms with E-state index in [-0.39, 0.29) is 11.8 Å². The summed E-state index contributed by atoms with van der Waals surface area (Å²) < 4.78 is 0. The maximum absolute atomic E-state index is 12.8. The van der Waals surface area contributed by atoms with Gasteiger partial charge < -0.3 is 10.4 Å². The van der Waals surface area contributed by atoms with Gasteiger partial charge in [-0.1, -0.05) is 32.0 Å². The summed E-state index contributed by atoms with van der Waals surface area (Å²) in [7, 11) is 0. The molecule has 0 aromatic heterocycles. The summed E-state index contributed by atoms with van der Waals surface area (Å²) in [6, 6.07) is 6.74. The van der Waals surface area contributed by atoms with Gasteiger partial charge in [-0.25, -0.2) is 4.79 Å². The molecule has 0 radical (unpaired) electrons. The van der Waals surface area contributed by atoms with E-state index < -0.39 is 17.7 Å². The molecule has 5 heteroatoms. The lowest BCUT2D eigenvalue weighted by Gasteiger charge is -2.39. The number of hydrogen-bond acceptors (Lipinski definition) is 2. The minimum Gasteiger partial charge on any atom is -0.465 e. The highest BCUT2D eigenvalue weighted by atomic mass is 16.4. The fourth-order valence-corrected chi connectivity index (χ4v) is 2.59. The van der Waals surface area contributed by atoms with E-state index in [1.165, 1.54) is 4.90 Å². The number of nitrogens with one attached hydrogen (secondary N) is 1. The van der Waals surface area contributed by atoms with Gasteiger partial charge in [-0.3, -0.25) is 9.69 Å². The first-order valence-electron chi connectivity index (χ1n) is 7.92. The lowest BCUT2D eigenvalue weighted by molar-refractivity contribution is -0.123. The third kappa shape index (κ3) is 5.27. The van der Waals surface area contributed by atoms with Gasteiger partial charge >= 0.3 is 6.09 Å². The van der Waals surface area contributed by atoms with Gasteiger partial charge in [0.2, 0.25) is 5.91 Å². The fraction of sp³-hybridized carbons (Fsp3) is 0.556. The van der Waals surface area contributed by atoms with Crippen LogP contribution in [0, 0.1) is 12.8 Å². The van der Waals surface area contributed by atoms with Gasteiger partial charge in [0.15, 0.2) is 0 Å². The number of rotatable bonds is 5. The van der Waals surface area contributed by atoms with Crippen LogP contribution in [0.25, 0.3) is 0 Å². The van der Waals surface area contributed by atoms with E-state index in [0.717, 1.165) is 5.56 Å². The van der Waals surface area contributed by atoms with Crippen molar-refractivity contribution in [2.45, 2.75) is 59.5 Å². The number of anilines is 1.